The SMILES string of the molecule is CC(=O)NC(CNCc1ccc([N+](=O)[O-])cc1)C(=O)O. The van der Waals surface area contributed by atoms with Gasteiger partial charge in [-0.2, -0.15) is 0 Å². The third-order valence-electron chi connectivity index (χ3n) is 2.50. The molecule has 0 aliphatic rings. The fraction of sp³-hybridized carbons (Fsp3) is 0.333. The second kappa shape index (κ2) is 7.19. The van der Waals surface area contributed by atoms with Gasteiger partial charge in [-0.25, -0.2) is 4.79 Å². The van der Waals surface area contributed by atoms with Crippen molar-refractivity contribution in [2.75, 3.05) is 6.54 Å². The quantitative estimate of drug-likeness (QED) is 0.487. The van der Waals surface area contributed by atoms with E-state index in [2.05, 4.69) is 10.6 Å². The highest BCUT2D eigenvalue weighted by atomic mass is 16.6. The van der Waals surface area contributed by atoms with Gasteiger partial charge in [-0.15, -0.1) is 0 Å². The van der Waals surface area contributed by atoms with E-state index in [-0.39, 0.29) is 12.2 Å². The maximum absolute atomic E-state index is 10.9. The summed E-state index contributed by atoms with van der Waals surface area (Å²) >= 11 is 0. The molecule has 20 heavy (non-hydrogen) atoms. The van der Waals surface area contributed by atoms with Crippen molar-refractivity contribution in [3.8, 4) is 0 Å². The Morgan fingerprint density at radius 2 is 1.95 bits per heavy atom. The van der Waals surface area contributed by atoms with Crippen LogP contribution in [-0.2, 0) is 16.1 Å². The Labute approximate surface area is 114 Å². The van der Waals surface area contributed by atoms with Crippen LogP contribution in [0.5, 0.6) is 0 Å². The lowest BCUT2D eigenvalue weighted by molar-refractivity contribution is -0.384. The van der Waals surface area contributed by atoms with Crippen molar-refractivity contribution in [1.82, 2.24) is 10.6 Å². The number of hydrogen-bond acceptors (Lipinski definition) is 5. The second-order valence-electron chi connectivity index (χ2n) is 4.15. The zero-order valence-corrected chi connectivity index (χ0v) is 10.8. The van der Waals surface area contributed by atoms with Crippen LogP contribution in [-0.4, -0.2) is 34.5 Å². The number of nitro benzene ring substituents is 1. The lowest BCUT2D eigenvalue weighted by Gasteiger charge is -2.14. The fourth-order valence-electron chi connectivity index (χ4n) is 1.54. The molecule has 0 aliphatic carbocycles. The number of carbonyl (C=O) groups excluding carboxylic acids is 1. The molecule has 0 heterocycles. The zero-order valence-electron chi connectivity index (χ0n) is 10.8. The summed E-state index contributed by atoms with van der Waals surface area (Å²) in [5, 5.41) is 24.5. The maximum Gasteiger partial charge on any atom is 0.327 e. The number of nitro groups is 1. The minimum atomic E-state index is -1.13. The Morgan fingerprint density at radius 3 is 2.40 bits per heavy atom. The van der Waals surface area contributed by atoms with E-state index in [1.807, 2.05) is 0 Å². The van der Waals surface area contributed by atoms with Gasteiger partial charge in [0.15, 0.2) is 0 Å². The predicted octanol–water partition coefficient (Wildman–Crippen LogP) is 0.274. The topological polar surface area (TPSA) is 122 Å². The highest BCUT2D eigenvalue weighted by Crippen LogP contribution is 2.11. The van der Waals surface area contributed by atoms with Crippen molar-refractivity contribution in [3.05, 3.63) is 39.9 Å². The number of carboxylic acid groups (broad SMARTS) is 1. The standard InChI is InChI=1S/C12H15N3O5/c1-8(16)14-11(12(17)18)7-13-6-9-2-4-10(5-3-9)15(19)20/h2-5,11,13H,6-7H2,1H3,(H,14,16)(H,17,18). The normalized spacial score (nSPS) is 11.7. The molecular weight excluding hydrogens is 266 g/mol. The van der Waals surface area contributed by atoms with Crippen molar-refractivity contribution in [2.24, 2.45) is 0 Å². The van der Waals surface area contributed by atoms with E-state index >= 15 is 0 Å². The van der Waals surface area contributed by atoms with Gasteiger partial charge in [0.05, 0.1) is 4.92 Å². The molecule has 0 aliphatic heterocycles. The molecule has 1 rings (SSSR count). The van der Waals surface area contributed by atoms with Crippen molar-refractivity contribution in [2.45, 2.75) is 19.5 Å². The summed E-state index contributed by atoms with van der Waals surface area (Å²) < 4.78 is 0. The third-order valence-corrected chi connectivity index (χ3v) is 2.50. The smallest absolute Gasteiger partial charge is 0.327 e. The molecule has 1 aromatic carbocycles. The highest BCUT2D eigenvalue weighted by molar-refractivity contribution is 5.82. The minimum absolute atomic E-state index is 0.00425. The van der Waals surface area contributed by atoms with Crippen LogP contribution in [0.25, 0.3) is 0 Å². The van der Waals surface area contributed by atoms with Crippen molar-refractivity contribution >= 4 is 17.6 Å². The number of nitrogens with zero attached hydrogens (tertiary/aromatic N) is 1. The van der Waals surface area contributed by atoms with Gasteiger partial charge in [-0.3, -0.25) is 14.9 Å². The van der Waals surface area contributed by atoms with Gasteiger partial charge < -0.3 is 15.7 Å². The molecule has 0 fully saturated rings. The molecule has 8 heteroatoms. The number of aliphatic carboxylic acids is 1. The molecule has 1 aromatic rings. The van der Waals surface area contributed by atoms with E-state index < -0.39 is 22.8 Å². The van der Waals surface area contributed by atoms with E-state index in [1.165, 1.54) is 19.1 Å². The molecule has 0 saturated carbocycles. The summed E-state index contributed by atoms with van der Waals surface area (Å²) in [6, 6.07) is 4.91. The Morgan fingerprint density at radius 1 is 1.35 bits per heavy atom. The Bertz CT molecular complexity index is 500. The fourth-order valence-corrected chi connectivity index (χ4v) is 1.54. The van der Waals surface area contributed by atoms with Gasteiger partial charge in [0.25, 0.3) is 5.69 Å². The van der Waals surface area contributed by atoms with Crippen molar-refractivity contribution < 1.29 is 19.6 Å². The summed E-state index contributed by atoms with van der Waals surface area (Å²) in [7, 11) is 0. The highest BCUT2D eigenvalue weighted by Gasteiger charge is 2.17. The number of amides is 1. The minimum Gasteiger partial charge on any atom is -0.480 e. The number of carboxylic acids is 1. The summed E-state index contributed by atoms with van der Waals surface area (Å²) in [4.78, 5) is 31.7. The van der Waals surface area contributed by atoms with Gasteiger partial charge in [-0.05, 0) is 5.56 Å². The Hall–Kier alpha value is -2.48. The summed E-state index contributed by atoms with van der Waals surface area (Å²) in [6.07, 6.45) is 0. The Kier molecular flexibility index (Phi) is 5.60. The van der Waals surface area contributed by atoms with E-state index in [9.17, 15) is 19.7 Å². The molecule has 0 saturated heterocycles. The van der Waals surface area contributed by atoms with Gasteiger partial charge in [0.1, 0.15) is 6.04 Å². The number of rotatable bonds is 7. The van der Waals surface area contributed by atoms with E-state index in [4.69, 9.17) is 5.11 Å². The van der Waals surface area contributed by atoms with Crippen LogP contribution in [0.4, 0.5) is 5.69 Å². The first-order chi connectivity index (χ1) is 9.40. The molecule has 0 radical (unpaired) electrons. The number of benzene rings is 1. The molecule has 108 valence electrons. The van der Waals surface area contributed by atoms with E-state index in [1.54, 1.807) is 12.1 Å². The second-order valence-corrected chi connectivity index (χ2v) is 4.15. The summed E-state index contributed by atoms with van der Waals surface area (Å²) in [5.74, 6) is -1.55. The lowest BCUT2D eigenvalue weighted by atomic mass is 10.2. The van der Waals surface area contributed by atoms with Crippen LogP contribution in [0.15, 0.2) is 24.3 Å². The van der Waals surface area contributed by atoms with Gasteiger partial charge in [0, 0.05) is 32.1 Å². The van der Waals surface area contributed by atoms with E-state index in [0.29, 0.717) is 6.54 Å². The van der Waals surface area contributed by atoms with Gasteiger partial charge in [0.2, 0.25) is 5.91 Å². The van der Waals surface area contributed by atoms with Crippen LogP contribution < -0.4 is 10.6 Å². The molecular formula is C12H15N3O5. The van der Waals surface area contributed by atoms with Gasteiger partial charge >= 0.3 is 5.97 Å². The number of non-ortho nitro benzene ring substituents is 1. The number of carbonyl (C=O) groups is 2. The number of nitrogens with one attached hydrogen (secondary N) is 2. The van der Waals surface area contributed by atoms with Crippen LogP contribution in [0.3, 0.4) is 0 Å². The first kappa shape index (κ1) is 15.6. The monoisotopic (exact) mass is 281 g/mol. The average Bonchev–Trinajstić information content (AvgIpc) is 2.37. The average molecular weight is 281 g/mol. The summed E-state index contributed by atoms with van der Waals surface area (Å²) in [6.45, 7) is 1.65. The molecule has 8 nitrogen and oxygen atoms in total. The first-order valence-electron chi connectivity index (χ1n) is 5.84. The third kappa shape index (κ3) is 5.02. The molecule has 0 aromatic heterocycles. The summed E-state index contributed by atoms with van der Waals surface area (Å²) in [5.41, 5.74) is 0.776. The van der Waals surface area contributed by atoms with Crippen molar-refractivity contribution in [3.63, 3.8) is 0 Å². The van der Waals surface area contributed by atoms with Crippen LogP contribution in [0, 0.1) is 10.1 Å². The van der Waals surface area contributed by atoms with Crippen molar-refractivity contribution in [1.29, 1.82) is 0 Å². The van der Waals surface area contributed by atoms with Gasteiger partial charge in [-0.1, -0.05) is 12.1 Å². The largest absolute Gasteiger partial charge is 0.480 e. The van der Waals surface area contributed by atoms with Crippen LogP contribution in [0.2, 0.25) is 0 Å². The lowest BCUT2D eigenvalue weighted by Crippen LogP contribution is -2.46. The number of hydrogen-bond donors (Lipinski definition) is 3. The maximum atomic E-state index is 10.9. The Balaban J connectivity index is 2.48. The molecule has 0 spiro atoms. The molecule has 1 atom stereocenters. The molecule has 1 unspecified atom stereocenters. The predicted molar refractivity (Wildman–Crippen MR) is 70.0 cm³/mol. The zero-order chi connectivity index (χ0) is 15.1. The molecule has 3 N–H and O–H groups in total. The van der Waals surface area contributed by atoms with Crippen LogP contribution >= 0.6 is 0 Å². The molecule has 1 amide bonds. The first-order valence-corrected chi connectivity index (χ1v) is 5.84. The van der Waals surface area contributed by atoms with Crippen LogP contribution in [0.1, 0.15) is 12.5 Å². The molecule has 0 bridgehead atoms. The van der Waals surface area contributed by atoms with E-state index in [0.717, 1.165) is 5.56 Å².